The first-order valence-electron chi connectivity index (χ1n) is 5.78. The molecule has 0 saturated carbocycles. The van der Waals surface area contributed by atoms with Gasteiger partial charge in [0.1, 0.15) is 11.5 Å². The van der Waals surface area contributed by atoms with Gasteiger partial charge in [0.05, 0.1) is 17.5 Å². The van der Waals surface area contributed by atoms with Crippen molar-refractivity contribution in [1.29, 1.82) is 0 Å². The summed E-state index contributed by atoms with van der Waals surface area (Å²) < 4.78 is 18.9. The molecule has 0 spiro atoms. The van der Waals surface area contributed by atoms with E-state index in [0.717, 1.165) is 16.2 Å². The van der Waals surface area contributed by atoms with Gasteiger partial charge in [0.2, 0.25) is 5.88 Å². The van der Waals surface area contributed by atoms with Gasteiger partial charge in [0.15, 0.2) is 0 Å². The second-order valence-electron chi connectivity index (χ2n) is 4.14. The lowest BCUT2D eigenvalue weighted by Gasteiger charge is -2.03. The molecule has 2 N–H and O–H groups in total. The van der Waals surface area contributed by atoms with Crippen LogP contribution in [0.5, 0.6) is 0 Å². The van der Waals surface area contributed by atoms with Crippen molar-refractivity contribution in [2.75, 3.05) is 5.73 Å². The minimum absolute atomic E-state index is 0.198. The average Bonchev–Trinajstić information content (AvgIpc) is 2.81. The first-order chi connectivity index (χ1) is 9.65. The number of pyridine rings is 1. The first kappa shape index (κ1) is 12.8. The molecule has 2 aromatic heterocycles. The van der Waals surface area contributed by atoms with E-state index in [0.29, 0.717) is 17.0 Å². The van der Waals surface area contributed by atoms with Crippen LogP contribution < -0.4 is 5.73 Å². The summed E-state index contributed by atoms with van der Waals surface area (Å²) in [4.78, 5) is 4.01. The molecule has 0 bridgehead atoms. The van der Waals surface area contributed by atoms with Gasteiger partial charge in [-0.25, -0.2) is 4.39 Å². The molecule has 0 aliphatic carbocycles. The van der Waals surface area contributed by atoms with Gasteiger partial charge in [-0.05, 0) is 29.8 Å². The molecule has 0 amide bonds. The van der Waals surface area contributed by atoms with Crippen LogP contribution in [0.1, 0.15) is 0 Å². The molecular weight excluding hydrogens is 325 g/mol. The minimum atomic E-state index is -0.408. The zero-order valence-corrected chi connectivity index (χ0v) is 11.8. The van der Waals surface area contributed by atoms with Crippen molar-refractivity contribution in [3.63, 3.8) is 0 Å². The predicted octanol–water partition coefficient (Wildman–Crippen LogP) is 3.89. The quantitative estimate of drug-likeness (QED) is 0.772. The number of hydrogen-bond acceptors (Lipinski definition) is 4. The lowest BCUT2D eigenvalue weighted by atomic mass is 10.0. The van der Waals surface area contributed by atoms with E-state index in [4.69, 9.17) is 10.3 Å². The van der Waals surface area contributed by atoms with Crippen molar-refractivity contribution in [1.82, 2.24) is 10.1 Å². The summed E-state index contributed by atoms with van der Waals surface area (Å²) in [5.41, 5.74) is 8.32. The molecule has 0 fully saturated rings. The second-order valence-corrected chi connectivity index (χ2v) is 5.06. The molecule has 0 atom stereocenters. The van der Waals surface area contributed by atoms with Crippen LogP contribution in [0.4, 0.5) is 10.3 Å². The number of rotatable bonds is 2. The molecule has 3 rings (SSSR count). The number of nitrogen functional groups attached to an aromatic ring is 1. The van der Waals surface area contributed by atoms with Crippen molar-refractivity contribution in [2.45, 2.75) is 0 Å². The van der Waals surface area contributed by atoms with E-state index in [1.807, 2.05) is 24.3 Å². The van der Waals surface area contributed by atoms with Crippen LogP contribution in [-0.4, -0.2) is 10.1 Å². The summed E-state index contributed by atoms with van der Waals surface area (Å²) in [5, 5.41) is 3.92. The molecule has 4 nitrogen and oxygen atoms in total. The van der Waals surface area contributed by atoms with Crippen LogP contribution in [-0.2, 0) is 0 Å². The highest BCUT2D eigenvalue weighted by Crippen LogP contribution is 2.36. The molecule has 0 saturated heterocycles. The Labute approximate surface area is 122 Å². The van der Waals surface area contributed by atoms with E-state index in [-0.39, 0.29) is 5.88 Å². The van der Waals surface area contributed by atoms with Gasteiger partial charge in [-0.15, -0.1) is 0 Å². The number of anilines is 1. The van der Waals surface area contributed by atoms with Gasteiger partial charge < -0.3 is 10.3 Å². The van der Waals surface area contributed by atoms with E-state index >= 15 is 0 Å². The zero-order chi connectivity index (χ0) is 14.1. The highest BCUT2D eigenvalue weighted by molar-refractivity contribution is 9.10. The number of aromatic nitrogens is 2. The van der Waals surface area contributed by atoms with E-state index < -0.39 is 5.82 Å². The number of benzene rings is 1. The topological polar surface area (TPSA) is 64.9 Å². The standard InChI is InChI=1S/C14H9BrFN3O/c15-9-3-1-2-8(6-9)12-13(19-20-14(12)17)11-5-4-10(16)7-18-11/h1-7H,17H2. The number of halogens is 2. The second kappa shape index (κ2) is 5.05. The van der Waals surface area contributed by atoms with E-state index in [1.165, 1.54) is 12.1 Å². The highest BCUT2D eigenvalue weighted by Gasteiger charge is 2.18. The fourth-order valence-corrected chi connectivity index (χ4v) is 2.32. The Bertz CT molecular complexity index is 755. The first-order valence-corrected chi connectivity index (χ1v) is 6.57. The molecule has 0 unspecified atom stereocenters. The Morgan fingerprint density at radius 1 is 1.20 bits per heavy atom. The van der Waals surface area contributed by atoms with E-state index in [1.54, 1.807) is 0 Å². The van der Waals surface area contributed by atoms with Gasteiger partial charge in [-0.3, -0.25) is 4.98 Å². The SMILES string of the molecule is Nc1onc(-c2ccc(F)cn2)c1-c1cccc(Br)c1. The highest BCUT2D eigenvalue weighted by atomic mass is 79.9. The Morgan fingerprint density at radius 3 is 2.75 bits per heavy atom. The van der Waals surface area contributed by atoms with Crippen molar-refractivity contribution < 1.29 is 8.91 Å². The van der Waals surface area contributed by atoms with Crippen molar-refractivity contribution in [3.8, 4) is 22.5 Å². The third kappa shape index (κ3) is 2.30. The molecule has 0 aliphatic rings. The summed E-state index contributed by atoms with van der Waals surface area (Å²) in [5.74, 6) is -0.210. The summed E-state index contributed by atoms with van der Waals surface area (Å²) in [6.45, 7) is 0. The van der Waals surface area contributed by atoms with Gasteiger partial charge in [-0.1, -0.05) is 33.2 Å². The van der Waals surface area contributed by atoms with Gasteiger partial charge in [0, 0.05) is 4.47 Å². The van der Waals surface area contributed by atoms with Crippen molar-refractivity contribution in [2.24, 2.45) is 0 Å². The van der Waals surface area contributed by atoms with E-state index in [2.05, 4.69) is 26.1 Å². The molecule has 100 valence electrons. The number of nitrogens with zero attached hydrogens (tertiary/aromatic N) is 2. The Hall–Kier alpha value is -2.21. The summed E-state index contributed by atoms with van der Waals surface area (Å²) in [7, 11) is 0. The maximum absolute atomic E-state index is 12.9. The lowest BCUT2D eigenvalue weighted by Crippen LogP contribution is -1.90. The maximum atomic E-state index is 12.9. The molecule has 1 aromatic carbocycles. The lowest BCUT2D eigenvalue weighted by molar-refractivity contribution is 0.439. The van der Waals surface area contributed by atoms with Crippen molar-refractivity contribution >= 4 is 21.8 Å². The third-order valence-corrected chi connectivity index (χ3v) is 3.30. The number of hydrogen-bond donors (Lipinski definition) is 1. The Morgan fingerprint density at radius 2 is 2.05 bits per heavy atom. The van der Waals surface area contributed by atoms with Crippen molar-refractivity contribution in [3.05, 3.63) is 52.9 Å². The van der Waals surface area contributed by atoms with Crippen LogP contribution in [0, 0.1) is 5.82 Å². The zero-order valence-electron chi connectivity index (χ0n) is 10.2. The summed E-state index contributed by atoms with van der Waals surface area (Å²) in [6, 6.07) is 10.4. The summed E-state index contributed by atoms with van der Waals surface area (Å²) >= 11 is 3.41. The van der Waals surface area contributed by atoms with Crippen LogP contribution >= 0.6 is 15.9 Å². The largest absolute Gasteiger partial charge is 0.367 e. The normalized spacial score (nSPS) is 10.7. The van der Waals surface area contributed by atoms with Gasteiger partial charge >= 0.3 is 0 Å². The van der Waals surface area contributed by atoms with Crippen LogP contribution in [0.25, 0.3) is 22.5 Å². The third-order valence-electron chi connectivity index (χ3n) is 2.80. The fourth-order valence-electron chi connectivity index (χ4n) is 1.92. The average molecular weight is 334 g/mol. The molecule has 0 aliphatic heterocycles. The molecular formula is C14H9BrFN3O. The van der Waals surface area contributed by atoms with Crippen LogP contribution in [0.15, 0.2) is 51.6 Å². The Kier molecular flexibility index (Phi) is 3.23. The molecule has 3 aromatic rings. The summed E-state index contributed by atoms with van der Waals surface area (Å²) in [6.07, 6.45) is 1.13. The minimum Gasteiger partial charge on any atom is -0.367 e. The molecule has 2 heterocycles. The Balaban J connectivity index is 2.17. The number of nitrogens with two attached hydrogens (primary N) is 1. The van der Waals surface area contributed by atoms with E-state index in [9.17, 15) is 4.39 Å². The van der Waals surface area contributed by atoms with Crippen LogP contribution in [0.2, 0.25) is 0 Å². The monoisotopic (exact) mass is 333 g/mol. The molecule has 6 heteroatoms. The van der Waals surface area contributed by atoms with Gasteiger partial charge in [-0.2, -0.15) is 0 Å². The predicted molar refractivity (Wildman–Crippen MR) is 77.2 cm³/mol. The van der Waals surface area contributed by atoms with Gasteiger partial charge in [0.25, 0.3) is 0 Å². The maximum Gasteiger partial charge on any atom is 0.230 e. The molecule has 20 heavy (non-hydrogen) atoms. The fraction of sp³-hybridized carbons (Fsp3) is 0. The smallest absolute Gasteiger partial charge is 0.230 e. The molecule has 0 radical (unpaired) electrons. The van der Waals surface area contributed by atoms with Crippen LogP contribution in [0.3, 0.4) is 0 Å².